The maximum Gasteiger partial charge on any atom is 0.220 e. The molecule has 0 bridgehead atoms. The Morgan fingerprint density at radius 3 is 2.25 bits per heavy atom. The molecule has 1 N–H and O–H groups in total. The lowest BCUT2D eigenvalue weighted by molar-refractivity contribution is 0.596. The van der Waals surface area contributed by atoms with E-state index in [1.54, 1.807) is 13.2 Å². The Kier molecular flexibility index (Phi) is 3.43. The highest BCUT2D eigenvalue weighted by Gasteiger charge is 2.01. The second-order valence-electron chi connectivity index (χ2n) is 1.19. The maximum absolute atomic E-state index is 10.5. The third-order valence-electron chi connectivity index (χ3n) is 0.590. The molecule has 0 aromatic heterocycles. The number of hydrogen-bond donors (Lipinski definition) is 1. The van der Waals surface area contributed by atoms with Crippen LogP contribution in [0.5, 0.6) is 0 Å². The van der Waals surface area contributed by atoms with Gasteiger partial charge in [-0.3, -0.25) is 0 Å². The third-order valence-corrected chi connectivity index (χ3v) is 3.03. The number of nitrogens with one attached hydrogen (secondary N) is 1. The van der Waals surface area contributed by atoms with Crippen LogP contribution in [0.3, 0.4) is 0 Å². The first kappa shape index (κ1) is 8.26. The van der Waals surface area contributed by atoms with E-state index in [1.807, 2.05) is 0 Å². The molecule has 0 heterocycles. The summed E-state index contributed by atoms with van der Waals surface area (Å²) in [6.07, 6.45) is 1.67. The van der Waals surface area contributed by atoms with Gasteiger partial charge in [-0.05, 0) is 13.2 Å². The number of sulfonamides is 1. The normalized spacial score (nSPS) is 11.8. The lowest BCUT2D eigenvalue weighted by Gasteiger charge is -1.96. The molecule has 0 fully saturated rings. The Labute approximate surface area is 54.0 Å². The molecule has 0 rings (SSSR count). The van der Waals surface area contributed by atoms with E-state index in [1.165, 1.54) is 0 Å². The van der Waals surface area contributed by atoms with Crippen molar-refractivity contribution in [2.45, 2.75) is 6.92 Å². The zero-order valence-corrected chi connectivity index (χ0v) is 6.47. The van der Waals surface area contributed by atoms with Crippen LogP contribution in [0.1, 0.15) is 6.92 Å². The number of hydrogen-bond acceptors (Lipinski definition) is 3. The van der Waals surface area contributed by atoms with Gasteiger partial charge < -0.3 is 0 Å². The van der Waals surface area contributed by atoms with E-state index < -0.39 is 10.0 Å². The minimum atomic E-state index is -2.96. The van der Waals surface area contributed by atoms with Crippen molar-refractivity contribution < 1.29 is 8.42 Å². The summed E-state index contributed by atoms with van der Waals surface area (Å²) in [6, 6.07) is 0. The Hall–Kier alpha value is 0.260. The van der Waals surface area contributed by atoms with Crippen molar-refractivity contribution in [2.24, 2.45) is 0 Å². The van der Waals surface area contributed by atoms with Crippen molar-refractivity contribution in [3.8, 4) is 0 Å². The van der Waals surface area contributed by atoms with Crippen molar-refractivity contribution >= 4 is 22.0 Å². The molecule has 0 aliphatic rings. The fourth-order valence-electron chi connectivity index (χ4n) is 0.186. The van der Waals surface area contributed by atoms with Gasteiger partial charge in [-0.2, -0.15) is 4.13 Å². The largest absolute Gasteiger partial charge is 0.220 e. The van der Waals surface area contributed by atoms with Gasteiger partial charge in [0.1, 0.15) is 0 Å². The Bertz CT molecular complexity index is 139. The summed E-state index contributed by atoms with van der Waals surface area (Å²) in [5.74, 6) is 0.147. The summed E-state index contributed by atoms with van der Waals surface area (Å²) in [5.41, 5.74) is 0. The van der Waals surface area contributed by atoms with Gasteiger partial charge in [0.05, 0.1) is 5.75 Å². The Balaban J connectivity index is 3.76. The highest BCUT2D eigenvalue weighted by Crippen LogP contribution is 1.89. The van der Waals surface area contributed by atoms with Gasteiger partial charge in [0.15, 0.2) is 0 Å². The fraction of sp³-hybridized carbons (Fsp3) is 1.00. The maximum atomic E-state index is 10.5. The summed E-state index contributed by atoms with van der Waals surface area (Å²) in [7, 11) is -2.96. The van der Waals surface area contributed by atoms with E-state index in [4.69, 9.17) is 0 Å². The first-order valence-corrected chi connectivity index (χ1v) is 5.02. The Morgan fingerprint density at radius 2 is 2.12 bits per heavy atom. The molecular weight excluding hydrogens is 146 g/mol. The van der Waals surface area contributed by atoms with E-state index in [0.717, 1.165) is 11.9 Å². The monoisotopic (exact) mass is 155 g/mol. The lowest BCUT2D eigenvalue weighted by atomic mass is 11.0. The molecule has 3 nitrogen and oxygen atoms in total. The van der Waals surface area contributed by atoms with Crippen LogP contribution in [-0.4, -0.2) is 20.4 Å². The van der Waals surface area contributed by atoms with Crippen LogP contribution in [0.4, 0.5) is 0 Å². The van der Waals surface area contributed by atoms with Crippen molar-refractivity contribution in [3.63, 3.8) is 0 Å². The molecule has 8 heavy (non-hydrogen) atoms. The van der Waals surface area contributed by atoms with E-state index in [2.05, 4.69) is 4.13 Å². The molecule has 50 valence electrons. The molecule has 0 aliphatic carbocycles. The van der Waals surface area contributed by atoms with Crippen molar-refractivity contribution in [1.82, 2.24) is 4.13 Å². The van der Waals surface area contributed by atoms with Gasteiger partial charge in [-0.1, -0.05) is 11.9 Å². The molecule has 0 aliphatic heterocycles. The van der Waals surface area contributed by atoms with Gasteiger partial charge in [-0.25, -0.2) is 8.42 Å². The molecule has 0 saturated heterocycles. The van der Waals surface area contributed by atoms with E-state index in [-0.39, 0.29) is 5.75 Å². The fourth-order valence-corrected chi connectivity index (χ4v) is 1.67. The molecule has 0 spiro atoms. The Morgan fingerprint density at radius 1 is 1.62 bits per heavy atom. The second-order valence-corrected chi connectivity index (χ2v) is 4.07. The topological polar surface area (TPSA) is 46.2 Å². The molecule has 0 aromatic rings. The van der Waals surface area contributed by atoms with Gasteiger partial charge >= 0.3 is 0 Å². The van der Waals surface area contributed by atoms with E-state index in [0.29, 0.717) is 0 Å². The molecule has 0 unspecified atom stereocenters. The minimum Gasteiger partial charge on any atom is -0.212 e. The zero-order chi connectivity index (χ0) is 6.62. The summed E-state index contributed by atoms with van der Waals surface area (Å²) in [5, 5.41) is 0. The van der Waals surface area contributed by atoms with Crippen LogP contribution in [0.15, 0.2) is 0 Å². The van der Waals surface area contributed by atoms with Gasteiger partial charge in [0.2, 0.25) is 10.0 Å². The average molecular weight is 155 g/mol. The second kappa shape index (κ2) is 3.32. The predicted molar refractivity (Wildman–Crippen MR) is 36.1 cm³/mol. The summed E-state index contributed by atoms with van der Waals surface area (Å²) < 4.78 is 23.2. The zero-order valence-electron chi connectivity index (χ0n) is 4.84. The average Bonchev–Trinajstić information content (AvgIpc) is 1.67. The van der Waals surface area contributed by atoms with Crippen LogP contribution in [0, 0.1) is 0 Å². The first-order valence-electron chi connectivity index (χ1n) is 2.15. The van der Waals surface area contributed by atoms with Crippen molar-refractivity contribution in [2.75, 3.05) is 12.0 Å². The molecule has 0 saturated carbocycles. The SMILES string of the molecule is CCS(=O)(=O)NSC. The molecule has 5 heteroatoms. The van der Waals surface area contributed by atoms with Gasteiger partial charge in [0.25, 0.3) is 0 Å². The van der Waals surface area contributed by atoms with Crippen LogP contribution in [0.25, 0.3) is 0 Å². The molecule has 0 radical (unpaired) electrons. The van der Waals surface area contributed by atoms with Gasteiger partial charge in [-0.15, -0.1) is 0 Å². The van der Waals surface area contributed by atoms with Crippen LogP contribution in [-0.2, 0) is 10.0 Å². The lowest BCUT2D eigenvalue weighted by Crippen LogP contribution is -2.17. The third kappa shape index (κ3) is 3.29. The summed E-state index contributed by atoms with van der Waals surface area (Å²) >= 11 is 1.10. The summed E-state index contributed by atoms with van der Waals surface area (Å²) in [6.45, 7) is 1.60. The highest BCUT2D eigenvalue weighted by atomic mass is 32.3. The molecule has 0 amide bonds. The summed E-state index contributed by atoms with van der Waals surface area (Å²) in [4.78, 5) is 0. The molecule has 0 atom stereocenters. The predicted octanol–water partition coefficient (Wildman–Crippen LogP) is 0.204. The van der Waals surface area contributed by atoms with Crippen molar-refractivity contribution in [1.29, 1.82) is 0 Å². The van der Waals surface area contributed by atoms with Gasteiger partial charge in [0, 0.05) is 0 Å². The quantitative estimate of drug-likeness (QED) is 0.592. The first-order chi connectivity index (χ1) is 3.62. The number of rotatable bonds is 3. The van der Waals surface area contributed by atoms with E-state index in [9.17, 15) is 8.42 Å². The molecular formula is C3H9NO2S2. The van der Waals surface area contributed by atoms with E-state index >= 15 is 0 Å². The highest BCUT2D eigenvalue weighted by molar-refractivity contribution is 8.08. The smallest absolute Gasteiger partial charge is 0.212 e. The van der Waals surface area contributed by atoms with Crippen LogP contribution < -0.4 is 4.13 Å². The molecule has 0 aromatic carbocycles. The van der Waals surface area contributed by atoms with Crippen molar-refractivity contribution in [3.05, 3.63) is 0 Å². The van der Waals surface area contributed by atoms with Crippen LogP contribution in [0.2, 0.25) is 0 Å². The standard InChI is InChI=1S/C3H9NO2S2/c1-3-8(5,6)4-7-2/h4H,3H2,1-2H3. The van der Waals surface area contributed by atoms with Crippen LogP contribution >= 0.6 is 11.9 Å². The minimum absolute atomic E-state index is 0.147.